The molecule has 3 unspecified atom stereocenters. The summed E-state index contributed by atoms with van der Waals surface area (Å²) in [4.78, 5) is 8.32. The predicted octanol–water partition coefficient (Wildman–Crippen LogP) is 0.860. The van der Waals surface area contributed by atoms with E-state index in [1.165, 1.54) is 0 Å². The number of anilines is 1. The highest BCUT2D eigenvalue weighted by Gasteiger charge is 2.50. The van der Waals surface area contributed by atoms with E-state index in [2.05, 4.69) is 15.3 Å². The molecular weight excluding hydrogens is 316 g/mol. The maximum atomic E-state index is 12.6. The molecule has 7 nitrogen and oxygen atoms in total. The van der Waals surface area contributed by atoms with Crippen LogP contribution >= 0.6 is 0 Å². The molecule has 1 aromatic rings. The van der Waals surface area contributed by atoms with Gasteiger partial charge >= 0.3 is 0 Å². The summed E-state index contributed by atoms with van der Waals surface area (Å²) in [7, 11) is -3.13. The molecule has 2 aliphatic carbocycles. The fourth-order valence-corrected chi connectivity index (χ4v) is 5.78. The van der Waals surface area contributed by atoms with Crippen LogP contribution in [-0.2, 0) is 14.8 Å². The molecule has 0 amide bonds. The summed E-state index contributed by atoms with van der Waals surface area (Å²) in [5, 5.41) is 3.10. The Labute approximate surface area is 136 Å². The Bertz CT molecular complexity index is 650. The van der Waals surface area contributed by atoms with Crippen molar-refractivity contribution in [1.29, 1.82) is 0 Å². The van der Waals surface area contributed by atoms with Gasteiger partial charge in [0.05, 0.1) is 24.0 Å². The molecule has 1 N–H and O–H groups in total. The van der Waals surface area contributed by atoms with Gasteiger partial charge in [0.2, 0.25) is 16.0 Å². The molecule has 2 saturated carbocycles. The number of hydrogen-bond acceptors (Lipinski definition) is 6. The van der Waals surface area contributed by atoms with Crippen molar-refractivity contribution in [1.82, 2.24) is 14.3 Å². The Morgan fingerprint density at radius 1 is 1.22 bits per heavy atom. The van der Waals surface area contributed by atoms with Crippen LogP contribution in [0.25, 0.3) is 0 Å². The number of hydrogen-bond donors (Lipinski definition) is 1. The van der Waals surface area contributed by atoms with Crippen molar-refractivity contribution >= 4 is 16.0 Å². The first-order chi connectivity index (χ1) is 11.2. The van der Waals surface area contributed by atoms with Gasteiger partial charge in [0.25, 0.3) is 0 Å². The van der Waals surface area contributed by atoms with Gasteiger partial charge in [-0.1, -0.05) is 0 Å². The molecule has 1 saturated heterocycles. The van der Waals surface area contributed by atoms with E-state index < -0.39 is 10.0 Å². The number of sulfonamides is 1. The summed E-state index contributed by atoms with van der Waals surface area (Å²) < 4.78 is 32.9. The number of nitrogens with zero attached hydrogens (tertiary/aromatic N) is 3. The molecule has 0 aromatic carbocycles. The van der Waals surface area contributed by atoms with Crippen molar-refractivity contribution < 1.29 is 13.2 Å². The van der Waals surface area contributed by atoms with Gasteiger partial charge < -0.3 is 10.1 Å². The normalized spacial score (nSPS) is 31.7. The molecule has 8 heteroatoms. The second-order valence-corrected chi connectivity index (χ2v) is 8.71. The smallest absolute Gasteiger partial charge is 0.222 e. The Morgan fingerprint density at radius 3 is 2.74 bits per heavy atom. The van der Waals surface area contributed by atoms with Gasteiger partial charge in [-0.25, -0.2) is 18.4 Å². The van der Waals surface area contributed by atoms with Crippen LogP contribution in [0.3, 0.4) is 0 Å². The number of ether oxygens (including phenoxy) is 1. The SMILES string of the molecule is O=S(=O)(C1CC1)N1CCOC2C(CNc3ncccn3)CCC21. The second kappa shape index (κ2) is 5.99. The summed E-state index contributed by atoms with van der Waals surface area (Å²) in [6.45, 7) is 1.70. The highest BCUT2D eigenvalue weighted by molar-refractivity contribution is 7.90. The number of morpholine rings is 1. The van der Waals surface area contributed by atoms with Gasteiger partial charge in [-0.05, 0) is 31.7 Å². The third-order valence-corrected chi connectivity index (χ3v) is 7.45. The van der Waals surface area contributed by atoms with Crippen molar-refractivity contribution in [3.63, 3.8) is 0 Å². The van der Waals surface area contributed by atoms with E-state index in [-0.39, 0.29) is 17.4 Å². The molecule has 3 fully saturated rings. The Balaban J connectivity index is 1.43. The van der Waals surface area contributed by atoms with Crippen LogP contribution in [-0.4, -0.2) is 59.8 Å². The van der Waals surface area contributed by atoms with Crippen molar-refractivity contribution in [2.75, 3.05) is 25.0 Å². The highest BCUT2D eigenvalue weighted by atomic mass is 32.2. The summed E-state index contributed by atoms with van der Waals surface area (Å²) >= 11 is 0. The maximum absolute atomic E-state index is 12.6. The van der Waals surface area contributed by atoms with Gasteiger partial charge in [0, 0.05) is 31.4 Å². The zero-order valence-electron chi connectivity index (χ0n) is 13.0. The molecule has 0 spiro atoms. The van der Waals surface area contributed by atoms with E-state index in [1.54, 1.807) is 22.8 Å². The summed E-state index contributed by atoms with van der Waals surface area (Å²) in [5.74, 6) is 0.898. The van der Waals surface area contributed by atoms with Crippen LogP contribution in [0.1, 0.15) is 25.7 Å². The maximum Gasteiger partial charge on any atom is 0.222 e. The van der Waals surface area contributed by atoms with Gasteiger partial charge in [-0.3, -0.25) is 0 Å². The molecule has 3 atom stereocenters. The topological polar surface area (TPSA) is 84.4 Å². The molecular formula is C15H22N4O3S. The zero-order valence-corrected chi connectivity index (χ0v) is 13.8. The van der Waals surface area contributed by atoms with Crippen LogP contribution in [0.15, 0.2) is 18.5 Å². The minimum atomic E-state index is -3.13. The molecule has 4 rings (SSSR count). The van der Waals surface area contributed by atoms with Crippen molar-refractivity contribution in [2.24, 2.45) is 5.92 Å². The van der Waals surface area contributed by atoms with Crippen LogP contribution in [0, 0.1) is 5.92 Å². The van der Waals surface area contributed by atoms with Crippen molar-refractivity contribution in [3.05, 3.63) is 18.5 Å². The largest absolute Gasteiger partial charge is 0.375 e. The molecule has 3 aliphatic rings. The monoisotopic (exact) mass is 338 g/mol. The molecule has 1 aliphatic heterocycles. The first-order valence-electron chi connectivity index (χ1n) is 8.29. The van der Waals surface area contributed by atoms with E-state index in [9.17, 15) is 8.42 Å². The van der Waals surface area contributed by atoms with Gasteiger partial charge in [0.1, 0.15) is 0 Å². The van der Waals surface area contributed by atoms with Gasteiger partial charge in [0.15, 0.2) is 0 Å². The third-order valence-electron chi connectivity index (χ3n) is 5.03. The number of aromatic nitrogens is 2. The van der Waals surface area contributed by atoms with E-state index >= 15 is 0 Å². The number of fused-ring (bicyclic) bond motifs is 1. The number of rotatable bonds is 5. The zero-order chi connectivity index (χ0) is 15.9. The first kappa shape index (κ1) is 15.3. The lowest BCUT2D eigenvalue weighted by molar-refractivity contribution is -0.0434. The average Bonchev–Trinajstić information content (AvgIpc) is 3.35. The quantitative estimate of drug-likeness (QED) is 0.857. The van der Waals surface area contributed by atoms with Crippen LogP contribution in [0.4, 0.5) is 5.95 Å². The Kier molecular flexibility index (Phi) is 3.98. The second-order valence-electron chi connectivity index (χ2n) is 6.55. The van der Waals surface area contributed by atoms with Crippen molar-refractivity contribution in [3.8, 4) is 0 Å². The highest BCUT2D eigenvalue weighted by Crippen LogP contribution is 2.40. The van der Waals surface area contributed by atoms with E-state index in [4.69, 9.17) is 4.74 Å². The van der Waals surface area contributed by atoms with Gasteiger partial charge in [-0.2, -0.15) is 4.31 Å². The molecule has 0 bridgehead atoms. The minimum absolute atomic E-state index is 0.00200. The fourth-order valence-electron chi connectivity index (χ4n) is 3.73. The fraction of sp³-hybridized carbons (Fsp3) is 0.733. The average molecular weight is 338 g/mol. The molecule has 23 heavy (non-hydrogen) atoms. The van der Waals surface area contributed by atoms with Gasteiger partial charge in [-0.15, -0.1) is 0 Å². The summed E-state index contributed by atoms with van der Waals surface area (Å²) in [6.07, 6.45) is 6.85. The Hall–Kier alpha value is -1.25. The molecule has 2 heterocycles. The minimum Gasteiger partial charge on any atom is -0.375 e. The van der Waals surface area contributed by atoms with E-state index in [0.717, 1.165) is 25.7 Å². The standard InChI is InChI=1S/C15H22N4O3S/c20-23(21,12-3-4-12)19-8-9-22-14-11(2-5-13(14)19)10-18-15-16-6-1-7-17-15/h1,6-7,11-14H,2-5,8-10H2,(H,16,17,18). The Morgan fingerprint density at radius 2 is 2.00 bits per heavy atom. The molecule has 0 radical (unpaired) electrons. The van der Waals surface area contributed by atoms with Crippen LogP contribution in [0.5, 0.6) is 0 Å². The van der Waals surface area contributed by atoms with E-state index in [1.807, 2.05) is 0 Å². The summed E-state index contributed by atoms with van der Waals surface area (Å²) in [5.41, 5.74) is 0. The lowest BCUT2D eigenvalue weighted by atomic mass is 10.0. The lowest BCUT2D eigenvalue weighted by Gasteiger charge is -2.38. The summed E-state index contributed by atoms with van der Waals surface area (Å²) in [6, 6.07) is 1.78. The lowest BCUT2D eigenvalue weighted by Crippen LogP contribution is -2.53. The van der Waals surface area contributed by atoms with Crippen LogP contribution < -0.4 is 5.32 Å². The third kappa shape index (κ3) is 2.95. The van der Waals surface area contributed by atoms with Crippen LogP contribution in [0.2, 0.25) is 0 Å². The van der Waals surface area contributed by atoms with E-state index in [0.29, 0.717) is 31.6 Å². The molecule has 126 valence electrons. The first-order valence-corrected chi connectivity index (χ1v) is 9.80. The van der Waals surface area contributed by atoms with Crippen molar-refractivity contribution in [2.45, 2.75) is 43.1 Å². The predicted molar refractivity (Wildman–Crippen MR) is 85.4 cm³/mol. The molecule has 1 aromatic heterocycles. The number of nitrogens with one attached hydrogen (secondary N) is 1.